The average Bonchev–Trinajstić information content (AvgIpc) is 3.54. The summed E-state index contributed by atoms with van der Waals surface area (Å²) in [4.78, 5) is 13.5. The lowest BCUT2D eigenvalue weighted by Crippen LogP contribution is -2.39. The molecular weight excluding hydrogens is 330 g/mol. The van der Waals surface area contributed by atoms with Crippen LogP contribution in [-0.4, -0.2) is 5.91 Å². The predicted molar refractivity (Wildman–Crippen MR) is 111 cm³/mol. The van der Waals surface area contributed by atoms with E-state index in [1.165, 1.54) is 0 Å². The zero-order chi connectivity index (χ0) is 18.7. The first-order valence-electron chi connectivity index (χ1n) is 9.60. The Morgan fingerprint density at radius 3 is 2.44 bits per heavy atom. The van der Waals surface area contributed by atoms with E-state index in [1.807, 2.05) is 67.6 Å². The van der Waals surface area contributed by atoms with Gasteiger partial charge < -0.3 is 5.32 Å². The molecule has 0 saturated heterocycles. The third-order valence-corrected chi connectivity index (χ3v) is 5.29. The summed E-state index contributed by atoms with van der Waals surface area (Å²) in [6.45, 7) is 2.04. The highest BCUT2D eigenvalue weighted by molar-refractivity contribution is 6.07. The van der Waals surface area contributed by atoms with Crippen molar-refractivity contribution in [2.45, 2.75) is 31.6 Å². The molecule has 2 nitrogen and oxygen atoms in total. The Morgan fingerprint density at radius 2 is 1.70 bits per heavy atom. The number of anilines is 1. The van der Waals surface area contributed by atoms with Crippen molar-refractivity contribution >= 4 is 22.4 Å². The molecule has 0 radical (unpaired) electrons. The van der Waals surface area contributed by atoms with Crippen molar-refractivity contribution in [3.8, 4) is 11.8 Å². The average molecular weight is 353 g/mol. The molecule has 1 atom stereocenters. The molecule has 2 heteroatoms. The molecule has 4 rings (SSSR count). The van der Waals surface area contributed by atoms with Crippen molar-refractivity contribution in [1.82, 2.24) is 0 Å². The van der Waals surface area contributed by atoms with Gasteiger partial charge in [-0.1, -0.05) is 85.5 Å². The van der Waals surface area contributed by atoms with E-state index in [-0.39, 0.29) is 5.91 Å². The Morgan fingerprint density at radius 1 is 1.00 bits per heavy atom. The number of benzene rings is 3. The highest BCUT2D eigenvalue weighted by Crippen LogP contribution is 2.33. The molecule has 0 bridgehead atoms. The second-order valence-corrected chi connectivity index (χ2v) is 7.15. The van der Waals surface area contributed by atoms with Gasteiger partial charge in [0, 0.05) is 17.0 Å². The van der Waals surface area contributed by atoms with E-state index in [0.717, 1.165) is 34.9 Å². The molecule has 1 saturated carbocycles. The number of carbonyl (C=O) groups excluding carboxylic acids is 1. The monoisotopic (exact) mass is 353 g/mol. The zero-order valence-corrected chi connectivity index (χ0v) is 15.5. The van der Waals surface area contributed by atoms with Gasteiger partial charge >= 0.3 is 0 Å². The van der Waals surface area contributed by atoms with Gasteiger partial charge in [-0.3, -0.25) is 4.79 Å². The van der Waals surface area contributed by atoms with Gasteiger partial charge in [0.1, 0.15) is 5.41 Å². The summed E-state index contributed by atoms with van der Waals surface area (Å²) in [5, 5.41) is 5.33. The first-order chi connectivity index (χ1) is 13.2. The first kappa shape index (κ1) is 17.4. The lowest BCUT2D eigenvalue weighted by atomic mass is 9.77. The number of hydrogen-bond donors (Lipinski definition) is 1. The Hall–Kier alpha value is -3.05. The first-order valence-corrected chi connectivity index (χ1v) is 9.60. The van der Waals surface area contributed by atoms with Gasteiger partial charge in [-0.15, -0.1) is 0 Å². The molecule has 1 amide bonds. The summed E-state index contributed by atoms with van der Waals surface area (Å²) in [5.41, 5.74) is 0.958. The zero-order valence-electron chi connectivity index (χ0n) is 15.5. The smallest absolute Gasteiger partial charge is 0.247 e. The van der Waals surface area contributed by atoms with Crippen LogP contribution in [0.3, 0.4) is 0 Å². The molecule has 1 N–H and O–H groups in total. The third kappa shape index (κ3) is 3.46. The van der Waals surface area contributed by atoms with E-state index in [4.69, 9.17) is 0 Å². The SMILES string of the molecule is CC[C@](C#CC1CC1)(C(=O)Nc1cccc2ccccc12)c1ccccc1. The van der Waals surface area contributed by atoms with Crippen LogP contribution >= 0.6 is 0 Å². The van der Waals surface area contributed by atoms with Gasteiger partial charge in [-0.2, -0.15) is 0 Å². The van der Waals surface area contributed by atoms with Crippen molar-refractivity contribution < 1.29 is 4.79 Å². The normalized spacial score (nSPS) is 15.4. The van der Waals surface area contributed by atoms with Gasteiger partial charge in [0.2, 0.25) is 5.91 Å². The van der Waals surface area contributed by atoms with Crippen molar-refractivity contribution in [2.75, 3.05) is 5.32 Å². The van der Waals surface area contributed by atoms with Crippen molar-refractivity contribution in [3.05, 3.63) is 78.4 Å². The van der Waals surface area contributed by atoms with Crippen molar-refractivity contribution in [1.29, 1.82) is 0 Å². The molecule has 0 aromatic heterocycles. The fourth-order valence-corrected chi connectivity index (χ4v) is 3.45. The Labute approximate surface area is 160 Å². The molecule has 1 aliphatic carbocycles. The summed E-state index contributed by atoms with van der Waals surface area (Å²) in [5.74, 6) is 7.10. The second-order valence-electron chi connectivity index (χ2n) is 7.15. The van der Waals surface area contributed by atoms with Crippen molar-refractivity contribution in [3.63, 3.8) is 0 Å². The van der Waals surface area contributed by atoms with E-state index in [0.29, 0.717) is 12.3 Å². The molecule has 3 aromatic carbocycles. The van der Waals surface area contributed by atoms with E-state index >= 15 is 0 Å². The summed E-state index contributed by atoms with van der Waals surface area (Å²) in [6, 6.07) is 24.0. The standard InChI is InChI=1S/C25H23NO/c1-2-25(18-17-19-15-16-19,21-11-4-3-5-12-21)24(27)26-23-14-8-10-20-9-6-7-13-22(20)23/h3-14,19H,2,15-16H2,1H3,(H,26,27)/t25-/m1/s1. The number of hydrogen-bond acceptors (Lipinski definition) is 1. The van der Waals surface area contributed by atoms with Crippen LogP contribution in [0.4, 0.5) is 5.69 Å². The molecule has 0 unspecified atom stereocenters. The van der Waals surface area contributed by atoms with Crippen LogP contribution < -0.4 is 5.32 Å². The topological polar surface area (TPSA) is 29.1 Å². The van der Waals surface area contributed by atoms with E-state index < -0.39 is 5.41 Å². The molecule has 0 heterocycles. The summed E-state index contributed by atoms with van der Waals surface area (Å²) in [7, 11) is 0. The maximum absolute atomic E-state index is 13.5. The maximum atomic E-state index is 13.5. The Kier molecular flexibility index (Phi) is 4.69. The molecule has 0 aliphatic heterocycles. The summed E-state index contributed by atoms with van der Waals surface area (Å²) < 4.78 is 0. The highest BCUT2D eigenvalue weighted by Gasteiger charge is 2.37. The van der Waals surface area contributed by atoms with Crippen LogP contribution in [0.25, 0.3) is 10.8 Å². The Balaban J connectivity index is 1.75. The predicted octanol–water partition coefficient (Wildman–Crippen LogP) is 5.54. The van der Waals surface area contributed by atoms with Crippen molar-refractivity contribution in [2.24, 2.45) is 5.92 Å². The minimum Gasteiger partial charge on any atom is -0.324 e. The van der Waals surface area contributed by atoms with Crippen LogP contribution in [0.5, 0.6) is 0 Å². The molecule has 1 aliphatic rings. The number of rotatable bonds is 4. The summed E-state index contributed by atoms with van der Waals surface area (Å²) in [6.07, 6.45) is 2.92. The fraction of sp³-hybridized carbons (Fsp3) is 0.240. The lowest BCUT2D eigenvalue weighted by Gasteiger charge is -2.27. The van der Waals surface area contributed by atoms with Gasteiger partial charge in [0.25, 0.3) is 0 Å². The van der Waals surface area contributed by atoms with Crippen LogP contribution in [0.15, 0.2) is 72.8 Å². The van der Waals surface area contributed by atoms with Gasteiger partial charge in [-0.25, -0.2) is 0 Å². The minimum absolute atomic E-state index is 0.0549. The molecular formula is C25H23NO. The molecule has 1 fully saturated rings. The lowest BCUT2D eigenvalue weighted by molar-refractivity contribution is -0.119. The number of carbonyl (C=O) groups is 1. The molecule has 134 valence electrons. The van der Waals surface area contributed by atoms with Gasteiger partial charge in [0.15, 0.2) is 0 Å². The van der Waals surface area contributed by atoms with E-state index in [1.54, 1.807) is 0 Å². The van der Waals surface area contributed by atoms with Crippen LogP contribution in [0.2, 0.25) is 0 Å². The molecule has 3 aromatic rings. The van der Waals surface area contributed by atoms with Crippen LogP contribution in [0.1, 0.15) is 31.7 Å². The maximum Gasteiger partial charge on any atom is 0.247 e. The Bertz CT molecular complexity index is 1020. The largest absolute Gasteiger partial charge is 0.324 e. The number of amides is 1. The quantitative estimate of drug-likeness (QED) is 0.613. The number of nitrogens with one attached hydrogen (secondary N) is 1. The van der Waals surface area contributed by atoms with Gasteiger partial charge in [0.05, 0.1) is 0 Å². The minimum atomic E-state index is -0.833. The third-order valence-electron chi connectivity index (χ3n) is 5.29. The van der Waals surface area contributed by atoms with Crippen LogP contribution in [0, 0.1) is 17.8 Å². The second kappa shape index (κ2) is 7.29. The highest BCUT2D eigenvalue weighted by atomic mass is 16.2. The molecule has 0 spiro atoms. The molecule has 27 heavy (non-hydrogen) atoms. The van der Waals surface area contributed by atoms with E-state index in [9.17, 15) is 4.79 Å². The van der Waals surface area contributed by atoms with Gasteiger partial charge in [-0.05, 0) is 36.3 Å². The number of fused-ring (bicyclic) bond motifs is 1. The van der Waals surface area contributed by atoms with E-state index in [2.05, 4.69) is 29.3 Å². The summed E-state index contributed by atoms with van der Waals surface area (Å²) >= 11 is 0. The van der Waals surface area contributed by atoms with Crippen LogP contribution in [-0.2, 0) is 10.2 Å². The fourth-order valence-electron chi connectivity index (χ4n) is 3.45.